The number of fused-ring (bicyclic) bond motifs is 1. The van der Waals surface area contributed by atoms with Gasteiger partial charge in [-0.3, -0.25) is 4.79 Å². The van der Waals surface area contributed by atoms with Crippen molar-refractivity contribution in [3.63, 3.8) is 0 Å². The molecule has 0 spiro atoms. The average Bonchev–Trinajstić information content (AvgIpc) is 2.36. The monoisotopic (exact) mass is 282 g/mol. The third kappa shape index (κ3) is 3.28. The number of carbonyl (C=O) groups is 1. The molecule has 3 nitrogen and oxygen atoms in total. The van der Waals surface area contributed by atoms with Crippen LogP contribution in [0.2, 0.25) is 0 Å². The summed E-state index contributed by atoms with van der Waals surface area (Å²) in [7, 11) is 0. The molecule has 0 aromatic heterocycles. The fraction of sp³-hybridized carbons (Fsp3) is 0.533. The van der Waals surface area contributed by atoms with Gasteiger partial charge in [-0.2, -0.15) is 0 Å². The first-order valence-electron chi connectivity index (χ1n) is 6.67. The maximum absolute atomic E-state index is 12.5. The number of aryl methyl sites for hydroxylation is 2. The molecule has 2 N–H and O–H groups in total. The molecule has 0 radical (unpaired) electrons. The molecule has 1 aromatic carbocycles. The molecule has 1 aromatic rings. The van der Waals surface area contributed by atoms with Crippen molar-refractivity contribution in [1.82, 2.24) is 0 Å². The minimum absolute atomic E-state index is 0. The third-order valence-corrected chi connectivity index (χ3v) is 3.80. The Labute approximate surface area is 121 Å². The Morgan fingerprint density at radius 3 is 2.68 bits per heavy atom. The largest absolute Gasteiger partial charge is 0.327 e. The van der Waals surface area contributed by atoms with E-state index in [9.17, 15) is 4.79 Å². The van der Waals surface area contributed by atoms with Crippen molar-refractivity contribution in [1.29, 1.82) is 0 Å². The molecule has 2 rings (SSSR count). The lowest BCUT2D eigenvalue weighted by Crippen LogP contribution is -2.44. The number of amides is 1. The number of rotatable bonds is 2. The average molecular weight is 283 g/mol. The zero-order valence-corrected chi connectivity index (χ0v) is 12.7. The Morgan fingerprint density at radius 1 is 1.37 bits per heavy atom. The van der Waals surface area contributed by atoms with Gasteiger partial charge in [0, 0.05) is 18.3 Å². The summed E-state index contributed by atoms with van der Waals surface area (Å²) < 4.78 is 0. The highest BCUT2D eigenvalue weighted by Gasteiger charge is 2.27. The zero-order valence-electron chi connectivity index (χ0n) is 11.8. The third-order valence-electron chi connectivity index (χ3n) is 3.80. The van der Waals surface area contributed by atoms with E-state index in [0.29, 0.717) is 0 Å². The second-order valence-electron chi connectivity index (χ2n) is 5.37. The van der Waals surface area contributed by atoms with Crippen LogP contribution in [0.25, 0.3) is 0 Å². The summed E-state index contributed by atoms with van der Waals surface area (Å²) in [5.74, 6) is 0.0213. The molecular weight excluding hydrogens is 260 g/mol. The molecule has 0 fully saturated rings. The summed E-state index contributed by atoms with van der Waals surface area (Å²) >= 11 is 0. The number of halogens is 1. The molecule has 0 aliphatic carbocycles. The van der Waals surface area contributed by atoms with Crippen LogP contribution in [0, 0.1) is 12.8 Å². The Balaban J connectivity index is 0.00000180. The van der Waals surface area contributed by atoms with Crippen LogP contribution in [0.15, 0.2) is 18.2 Å². The maximum atomic E-state index is 12.5. The van der Waals surface area contributed by atoms with Crippen molar-refractivity contribution < 1.29 is 4.79 Å². The van der Waals surface area contributed by atoms with Crippen molar-refractivity contribution >= 4 is 24.0 Å². The molecule has 19 heavy (non-hydrogen) atoms. The summed E-state index contributed by atoms with van der Waals surface area (Å²) in [4.78, 5) is 14.4. The van der Waals surface area contributed by atoms with Crippen LogP contribution in [0.3, 0.4) is 0 Å². The number of hydrogen-bond donors (Lipinski definition) is 1. The summed E-state index contributed by atoms with van der Waals surface area (Å²) in [5, 5.41) is 0. The lowest BCUT2D eigenvalue weighted by Gasteiger charge is -2.32. The number of carbonyl (C=O) groups excluding carboxylic acids is 1. The number of nitrogens with two attached hydrogens (primary N) is 1. The van der Waals surface area contributed by atoms with E-state index in [1.165, 1.54) is 11.1 Å². The Bertz CT molecular complexity index is 459. The van der Waals surface area contributed by atoms with Gasteiger partial charge in [-0.05, 0) is 43.9 Å². The molecule has 1 heterocycles. The molecule has 1 amide bonds. The van der Waals surface area contributed by atoms with Crippen LogP contribution in [-0.2, 0) is 11.2 Å². The van der Waals surface area contributed by atoms with Crippen LogP contribution in [0.5, 0.6) is 0 Å². The van der Waals surface area contributed by atoms with E-state index in [-0.39, 0.29) is 30.3 Å². The molecule has 1 aliphatic rings. The fourth-order valence-electron chi connectivity index (χ4n) is 2.38. The van der Waals surface area contributed by atoms with Crippen LogP contribution in [-0.4, -0.2) is 18.5 Å². The first-order chi connectivity index (χ1) is 8.50. The van der Waals surface area contributed by atoms with E-state index in [0.717, 1.165) is 25.1 Å². The van der Waals surface area contributed by atoms with E-state index >= 15 is 0 Å². The van der Waals surface area contributed by atoms with Gasteiger partial charge in [-0.25, -0.2) is 0 Å². The maximum Gasteiger partial charge on any atom is 0.231 e. The van der Waals surface area contributed by atoms with Crippen LogP contribution in [0.1, 0.15) is 31.4 Å². The first-order valence-corrected chi connectivity index (χ1v) is 6.67. The molecular formula is C15H23ClN2O. The van der Waals surface area contributed by atoms with Crippen molar-refractivity contribution in [2.24, 2.45) is 11.7 Å². The summed E-state index contributed by atoms with van der Waals surface area (Å²) in [5.41, 5.74) is 9.40. The SMILES string of the molecule is Cc1ccc2c(c1)N(C(=O)C(C)C(C)N)CCC2.Cl. The van der Waals surface area contributed by atoms with Gasteiger partial charge in [-0.15, -0.1) is 12.4 Å². The quantitative estimate of drug-likeness (QED) is 0.906. The van der Waals surface area contributed by atoms with Gasteiger partial charge in [0.25, 0.3) is 0 Å². The lowest BCUT2D eigenvalue weighted by molar-refractivity contribution is -0.122. The topological polar surface area (TPSA) is 46.3 Å². The van der Waals surface area contributed by atoms with Crippen molar-refractivity contribution in [2.45, 2.75) is 39.7 Å². The van der Waals surface area contributed by atoms with Crippen LogP contribution < -0.4 is 10.6 Å². The number of anilines is 1. The van der Waals surface area contributed by atoms with E-state index in [1.807, 2.05) is 18.7 Å². The molecule has 2 atom stereocenters. The normalized spacial score (nSPS) is 17.2. The van der Waals surface area contributed by atoms with E-state index < -0.39 is 0 Å². The predicted molar refractivity (Wildman–Crippen MR) is 81.9 cm³/mol. The molecule has 106 valence electrons. The molecule has 0 bridgehead atoms. The number of hydrogen-bond acceptors (Lipinski definition) is 2. The first kappa shape index (κ1) is 16.0. The number of nitrogens with zero attached hydrogens (tertiary/aromatic N) is 1. The molecule has 1 aliphatic heterocycles. The lowest BCUT2D eigenvalue weighted by atomic mass is 9.96. The van der Waals surface area contributed by atoms with Crippen LogP contribution >= 0.6 is 12.4 Å². The Hall–Kier alpha value is -1.06. The summed E-state index contributed by atoms with van der Waals surface area (Å²) in [6.07, 6.45) is 2.10. The molecule has 0 saturated heterocycles. The smallest absolute Gasteiger partial charge is 0.231 e. The van der Waals surface area contributed by atoms with Gasteiger partial charge < -0.3 is 10.6 Å². The van der Waals surface area contributed by atoms with Crippen molar-refractivity contribution in [2.75, 3.05) is 11.4 Å². The van der Waals surface area contributed by atoms with E-state index in [1.54, 1.807) is 0 Å². The summed E-state index contributed by atoms with van der Waals surface area (Å²) in [6.45, 7) is 6.68. The highest BCUT2D eigenvalue weighted by atomic mass is 35.5. The highest BCUT2D eigenvalue weighted by Crippen LogP contribution is 2.29. The van der Waals surface area contributed by atoms with Gasteiger partial charge in [0.15, 0.2) is 0 Å². The van der Waals surface area contributed by atoms with Gasteiger partial charge in [0.1, 0.15) is 0 Å². The Morgan fingerprint density at radius 2 is 2.05 bits per heavy atom. The van der Waals surface area contributed by atoms with Crippen LogP contribution in [0.4, 0.5) is 5.69 Å². The highest BCUT2D eigenvalue weighted by molar-refractivity contribution is 5.96. The standard InChI is InChI=1S/C15H22N2O.ClH/c1-10-6-7-13-5-4-8-17(14(13)9-10)15(18)11(2)12(3)16;/h6-7,9,11-12H,4-5,8,16H2,1-3H3;1H. The fourth-order valence-corrected chi connectivity index (χ4v) is 2.38. The van der Waals surface area contributed by atoms with Crippen molar-refractivity contribution in [3.8, 4) is 0 Å². The second-order valence-corrected chi connectivity index (χ2v) is 5.37. The minimum atomic E-state index is -0.128. The summed E-state index contributed by atoms with van der Waals surface area (Å²) in [6, 6.07) is 6.26. The Kier molecular flexibility index (Phi) is 5.39. The molecule has 2 unspecified atom stereocenters. The van der Waals surface area contributed by atoms with Gasteiger partial charge in [-0.1, -0.05) is 19.1 Å². The zero-order chi connectivity index (χ0) is 13.3. The minimum Gasteiger partial charge on any atom is -0.327 e. The second kappa shape index (κ2) is 6.40. The van der Waals surface area contributed by atoms with Crippen molar-refractivity contribution in [3.05, 3.63) is 29.3 Å². The molecule has 4 heteroatoms. The molecule has 0 saturated carbocycles. The number of benzene rings is 1. The predicted octanol–water partition coefficient (Wildman–Crippen LogP) is 2.68. The van der Waals surface area contributed by atoms with E-state index in [4.69, 9.17) is 5.73 Å². The van der Waals surface area contributed by atoms with E-state index in [2.05, 4.69) is 25.1 Å². The van der Waals surface area contributed by atoms with Gasteiger partial charge in [0.05, 0.1) is 5.92 Å². The van der Waals surface area contributed by atoms with Gasteiger partial charge in [0.2, 0.25) is 5.91 Å². The van der Waals surface area contributed by atoms with Gasteiger partial charge >= 0.3 is 0 Å².